The minimum atomic E-state index is -4.82. The number of ether oxygens (including phenoxy) is 1. The lowest BCUT2D eigenvalue weighted by molar-refractivity contribution is -0.274. The van der Waals surface area contributed by atoms with Gasteiger partial charge in [0.2, 0.25) is 0 Å². The number of piperidine rings is 1. The molecule has 1 atom stereocenters. The molecule has 238 valence electrons. The highest BCUT2D eigenvalue weighted by Gasteiger charge is 2.32. The zero-order valence-corrected chi connectivity index (χ0v) is 24.9. The summed E-state index contributed by atoms with van der Waals surface area (Å²) in [7, 11) is 0. The number of benzene rings is 1. The first-order valence-corrected chi connectivity index (χ1v) is 15.2. The number of carboxylic acids is 1. The van der Waals surface area contributed by atoms with Crippen LogP contribution < -0.4 is 9.64 Å². The summed E-state index contributed by atoms with van der Waals surface area (Å²) in [5.41, 5.74) is 1.59. The molecule has 1 N–H and O–H groups in total. The van der Waals surface area contributed by atoms with E-state index in [9.17, 15) is 27.9 Å². The van der Waals surface area contributed by atoms with E-state index < -0.39 is 12.3 Å². The molecular weight excluding hydrogens is 595 g/mol. The van der Waals surface area contributed by atoms with Gasteiger partial charge >= 0.3 is 12.3 Å². The Hall–Kier alpha value is -3.58. The van der Waals surface area contributed by atoms with Crippen LogP contribution in [0.25, 0.3) is 11.3 Å². The second-order valence-corrected chi connectivity index (χ2v) is 12.2. The molecular formula is C31H38F3N5O4S. The summed E-state index contributed by atoms with van der Waals surface area (Å²) in [6.07, 6.45) is 2.33. The molecule has 2 aliphatic rings. The molecule has 1 aromatic carbocycles. The number of anilines is 1. The predicted octanol–water partition coefficient (Wildman–Crippen LogP) is 6.54. The molecule has 0 unspecified atom stereocenters. The minimum Gasteiger partial charge on any atom is -0.481 e. The van der Waals surface area contributed by atoms with Gasteiger partial charge in [-0.3, -0.25) is 14.5 Å². The van der Waals surface area contributed by atoms with Crippen molar-refractivity contribution in [1.82, 2.24) is 19.9 Å². The van der Waals surface area contributed by atoms with Gasteiger partial charge in [0.05, 0.1) is 30.4 Å². The molecule has 0 spiro atoms. The molecule has 2 aromatic heterocycles. The maximum absolute atomic E-state index is 13.2. The molecule has 0 amide bonds. The van der Waals surface area contributed by atoms with Gasteiger partial charge in [0.15, 0.2) is 5.78 Å². The highest BCUT2D eigenvalue weighted by Crippen LogP contribution is 2.36. The molecule has 4 heterocycles. The van der Waals surface area contributed by atoms with Crippen LogP contribution in [0.5, 0.6) is 5.75 Å². The Morgan fingerprint density at radius 3 is 2.50 bits per heavy atom. The van der Waals surface area contributed by atoms with Gasteiger partial charge in [-0.2, -0.15) is 0 Å². The number of carboxylic acid groups (broad SMARTS) is 1. The van der Waals surface area contributed by atoms with Gasteiger partial charge in [-0.1, -0.05) is 26.5 Å². The number of carbonyl (C=O) groups excluding carboxylic acids is 1. The number of halogens is 3. The van der Waals surface area contributed by atoms with Crippen molar-refractivity contribution in [3.63, 3.8) is 0 Å². The van der Waals surface area contributed by atoms with E-state index in [0.29, 0.717) is 66.2 Å². The molecule has 2 fully saturated rings. The van der Waals surface area contributed by atoms with E-state index in [4.69, 9.17) is 4.98 Å². The number of carbonyl (C=O) groups is 2. The van der Waals surface area contributed by atoms with Crippen molar-refractivity contribution in [3.8, 4) is 17.0 Å². The highest BCUT2D eigenvalue weighted by molar-refractivity contribution is 7.12. The molecule has 2 saturated heterocycles. The number of nitrogens with zero attached hydrogens (tertiary/aromatic N) is 5. The maximum Gasteiger partial charge on any atom is 0.573 e. The third-order valence-corrected chi connectivity index (χ3v) is 9.19. The Labute approximate surface area is 259 Å². The monoisotopic (exact) mass is 633 g/mol. The normalized spacial score (nSPS) is 17.8. The zero-order valence-electron chi connectivity index (χ0n) is 24.1. The van der Waals surface area contributed by atoms with Gasteiger partial charge in [0, 0.05) is 36.1 Å². The summed E-state index contributed by atoms with van der Waals surface area (Å²) >= 11 is 1.39. The van der Waals surface area contributed by atoms with Crippen LogP contribution in [0.15, 0.2) is 30.6 Å². The average molecular weight is 634 g/mol. The van der Waals surface area contributed by atoms with E-state index in [0.717, 1.165) is 30.7 Å². The molecule has 44 heavy (non-hydrogen) atoms. The summed E-state index contributed by atoms with van der Waals surface area (Å²) in [4.78, 5) is 43.1. The Morgan fingerprint density at radius 1 is 1.11 bits per heavy atom. The highest BCUT2D eigenvalue weighted by atomic mass is 32.1. The van der Waals surface area contributed by atoms with E-state index in [1.54, 1.807) is 19.1 Å². The molecule has 3 aromatic rings. The van der Waals surface area contributed by atoms with Crippen LogP contribution in [0.3, 0.4) is 0 Å². The first kappa shape index (κ1) is 33.3. The minimum absolute atomic E-state index is 0. The van der Waals surface area contributed by atoms with Gasteiger partial charge in [0.25, 0.3) is 0 Å². The number of aryl methyl sites for hydroxylation is 1. The number of hydrogen-bond acceptors (Lipinski definition) is 9. The molecule has 5 rings (SSSR count). The quantitative estimate of drug-likeness (QED) is 0.249. The van der Waals surface area contributed by atoms with Gasteiger partial charge in [-0.25, -0.2) is 15.0 Å². The fourth-order valence-electron chi connectivity index (χ4n) is 5.75. The van der Waals surface area contributed by atoms with E-state index in [1.165, 1.54) is 29.8 Å². The van der Waals surface area contributed by atoms with E-state index in [1.807, 2.05) is 4.90 Å². The summed E-state index contributed by atoms with van der Waals surface area (Å²) in [5, 5.41) is 9.76. The second-order valence-electron chi connectivity index (χ2n) is 11.0. The van der Waals surface area contributed by atoms with Gasteiger partial charge in [0.1, 0.15) is 22.3 Å². The zero-order chi connectivity index (χ0) is 30.7. The number of hydrogen-bond donors (Lipinski definition) is 1. The van der Waals surface area contributed by atoms with Crippen molar-refractivity contribution in [2.24, 2.45) is 5.92 Å². The van der Waals surface area contributed by atoms with Crippen LogP contribution in [-0.2, 0) is 17.8 Å². The molecule has 13 heteroatoms. The van der Waals surface area contributed by atoms with Crippen molar-refractivity contribution < 1.29 is 32.6 Å². The largest absolute Gasteiger partial charge is 0.573 e. The lowest BCUT2D eigenvalue weighted by Crippen LogP contribution is -2.36. The summed E-state index contributed by atoms with van der Waals surface area (Å²) in [6, 6.07) is 5.09. The number of thiazole rings is 1. The Balaban J connectivity index is 0.00000442. The lowest BCUT2D eigenvalue weighted by atomic mass is 9.97. The summed E-state index contributed by atoms with van der Waals surface area (Å²) in [5.74, 6) is -1.11. The van der Waals surface area contributed by atoms with Crippen LogP contribution >= 0.6 is 11.3 Å². The first-order chi connectivity index (χ1) is 20.5. The number of alkyl halides is 3. The SMILES string of the molecule is C.CC[C@@H]1CCCN1Cc1sc(CC(=O)c2cnc(N3CCC(C(=O)O)CC3)cn2)nc1-c1ccc(C)c(OC(F)(F)F)c1. The molecule has 0 radical (unpaired) electrons. The number of ketones is 1. The Bertz CT molecular complexity index is 1460. The lowest BCUT2D eigenvalue weighted by Gasteiger charge is -2.30. The van der Waals surface area contributed by atoms with Crippen LogP contribution in [0.2, 0.25) is 0 Å². The topological polar surface area (TPSA) is 109 Å². The number of rotatable bonds is 10. The predicted molar refractivity (Wildman–Crippen MR) is 162 cm³/mol. The maximum atomic E-state index is 13.2. The average Bonchev–Trinajstić information content (AvgIpc) is 3.60. The van der Waals surface area contributed by atoms with Gasteiger partial charge in [-0.05, 0) is 57.2 Å². The number of Topliss-reactive ketones (excluding diaryl/α,β-unsaturated/α-hetero) is 1. The fourth-order valence-corrected chi connectivity index (χ4v) is 6.87. The van der Waals surface area contributed by atoms with E-state index in [-0.39, 0.29) is 37.0 Å². The number of likely N-dealkylation sites (tertiary alicyclic amines) is 1. The third kappa shape index (κ3) is 7.92. The van der Waals surface area contributed by atoms with Crippen molar-refractivity contribution in [2.75, 3.05) is 24.5 Å². The third-order valence-electron chi connectivity index (χ3n) is 8.15. The Morgan fingerprint density at radius 2 is 1.86 bits per heavy atom. The first-order valence-electron chi connectivity index (χ1n) is 14.4. The van der Waals surface area contributed by atoms with Crippen molar-refractivity contribution in [3.05, 3.63) is 51.7 Å². The van der Waals surface area contributed by atoms with Crippen LogP contribution in [0.1, 0.15) is 72.4 Å². The number of aromatic nitrogens is 3. The van der Waals surface area contributed by atoms with Crippen molar-refractivity contribution in [1.29, 1.82) is 0 Å². The Kier molecular flexibility index (Phi) is 10.6. The molecule has 9 nitrogen and oxygen atoms in total. The second kappa shape index (κ2) is 14.0. The van der Waals surface area contributed by atoms with Crippen LogP contribution in [0, 0.1) is 12.8 Å². The van der Waals surface area contributed by atoms with Crippen molar-refractivity contribution in [2.45, 2.75) is 78.7 Å². The number of aliphatic carboxylic acids is 1. The fraction of sp³-hybridized carbons (Fsp3) is 0.516. The van der Waals surface area contributed by atoms with Gasteiger partial charge < -0.3 is 14.7 Å². The molecule has 0 bridgehead atoms. The summed E-state index contributed by atoms with van der Waals surface area (Å²) in [6.45, 7) is 6.32. The van der Waals surface area contributed by atoms with E-state index in [2.05, 4.69) is 26.5 Å². The van der Waals surface area contributed by atoms with Crippen molar-refractivity contribution >= 4 is 28.9 Å². The summed E-state index contributed by atoms with van der Waals surface area (Å²) < 4.78 is 43.4. The van der Waals surface area contributed by atoms with Crippen LogP contribution in [-0.4, -0.2) is 68.7 Å². The van der Waals surface area contributed by atoms with E-state index >= 15 is 0 Å². The van der Waals surface area contributed by atoms with Gasteiger partial charge in [-0.15, -0.1) is 24.5 Å². The molecule has 0 saturated carbocycles. The molecule has 2 aliphatic heterocycles. The molecule has 0 aliphatic carbocycles. The smallest absolute Gasteiger partial charge is 0.481 e. The van der Waals surface area contributed by atoms with Crippen LogP contribution in [0.4, 0.5) is 19.0 Å². The standard InChI is InChI=1S/C30H34F3N5O4S.CH4/c1-3-21-5-4-10-38(21)17-25-28(20-7-6-18(2)24(13-20)42-30(31,32)33)36-27(43-25)14-23(39)22-15-35-26(16-34-22)37-11-8-19(9-12-37)29(40)41;/h6-7,13,15-16,19,21H,3-5,8-12,14,17H2,1-2H3,(H,40,41);1H4/t21-;/m1./s1.